The van der Waals surface area contributed by atoms with Gasteiger partial charge >= 0.3 is 0 Å². The zero-order valence-electron chi connectivity index (χ0n) is 19.7. The molecule has 1 aliphatic heterocycles. The van der Waals surface area contributed by atoms with Crippen LogP contribution in [-0.4, -0.2) is 48.0 Å². The van der Waals surface area contributed by atoms with Crippen molar-refractivity contribution < 1.29 is 14.5 Å². The number of aryl methyl sites for hydroxylation is 1. The van der Waals surface area contributed by atoms with Crippen LogP contribution in [0.25, 0.3) is 0 Å². The fourth-order valence-electron chi connectivity index (χ4n) is 5.22. The summed E-state index contributed by atoms with van der Waals surface area (Å²) >= 11 is 0. The number of hydrogen-bond donors (Lipinski definition) is 2. The predicted molar refractivity (Wildman–Crippen MR) is 133 cm³/mol. The molecule has 1 fully saturated rings. The number of hydrogen-bond acceptors (Lipinski definition) is 5. The summed E-state index contributed by atoms with van der Waals surface area (Å²) in [7, 11) is -1.77. The minimum atomic E-state index is -1.77. The molecule has 1 aliphatic carbocycles. The van der Waals surface area contributed by atoms with E-state index in [1.807, 2.05) is 12.1 Å². The number of fused-ring (bicyclic) bond motifs is 1. The Kier molecular flexibility index (Phi) is 6.86. The maximum absolute atomic E-state index is 13.4. The van der Waals surface area contributed by atoms with Crippen LogP contribution in [0.1, 0.15) is 35.6 Å². The third kappa shape index (κ3) is 5.20. The summed E-state index contributed by atoms with van der Waals surface area (Å²) in [6.45, 7) is 4.39. The summed E-state index contributed by atoms with van der Waals surface area (Å²) in [5, 5.41) is 14.1. The van der Waals surface area contributed by atoms with E-state index in [1.165, 1.54) is 23.3 Å². The fourth-order valence-corrected chi connectivity index (χ4v) is 8.10. The summed E-state index contributed by atoms with van der Waals surface area (Å²) in [6, 6.07) is 13.7. The van der Waals surface area contributed by atoms with Crippen LogP contribution in [0, 0.1) is 10.1 Å². The zero-order valence-corrected chi connectivity index (χ0v) is 20.7. The molecule has 2 amide bonds. The first-order valence-corrected chi connectivity index (χ1v) is 15.2. The number of amides is 2. The Balaban J connectivity index is 1.46. The number of carbonyl (C=O) groups excluding carboxylic acids is 2. The van der Waals surface area contributed by atoms with Crippen LogP contribution in [0.15, 0.2) is 48.5 Å². The van der Waals surface area contributed by atoms with E-state index in [2.05, 4.69) is 30.5 Å². The number of nitrogens with one attached hydrogen (secondary N) is 1. The van der Waals surface area contributed by atoms with E-state index in [0.717, 1.165) is 24.8 Å². The number of non-ortho nitro benzene ring substituents is 1. The van der Waals surface area contributed by atoms with Gasteiger partial charge in [-0.1, -0.05) is 49.5 Å². The lowest BCUT2D eigenvalue weighted by molar-refractivity contribution is -0.384. The molecule has 34 heavy (non-hydrogen) atoms. The van der Waals surface area contributed by atoms with Gasteiger partial charge in [0.05, 0.1) is 25.1 Å². The van der Waals surface area contributed by atoms with Gasteiger partial charge in [0.25, 0.3) is 5.69 Å². The van der Waals surface area contributed by atoms with E-state index < -0.39 is 25.1 Å². The van der Waals surface area contributed by atoms with E-state index in [4.69, 9.17) is 5.73 Å². The van der Waals surface area contributed by atoms with Crippen LogP contribution in [0.5, 0.6) is 0 Å². The molecule has 0 bridgehead atoms. The smallest absolute Gasteiger partial charge is 0.269 e. The molecule has 1 heterocycles. The van der Waals surface area contributed by atoms with Gasteiger partial charge in [-0.25, -0.2) is 0 Å². The van der Waals surface area contributed by atoms with Gasteiger partial charge < -0.3 is 16.0 Å². The first-order valence-electron chi connectivity index (χ1n) is 11.8. The van der Waals surface area contributed by atoms with Gasteiger partial charge in [0, 0.05) is 18.3 Å². The van der Waals surface area contributed by atoms with E-state index in [0.29, 0.717) is 12.2 Å². The molecule has 2 aromatic carbocycles. The number of nitrogens with zero attached hydrogens (tertiary/aromatic N) is 2. The lowest BCUT2D eigenvalue weighted by atomic mass is 9.87. The average molecular weight is 481 g/mol. The third-order valence-corrected chi connectivity index (χ3v) is 9.60. The zero-order chi connectivity index (χ0) is 24.5. The quantitative estimate of drug-likeness (QED) is 0.374. The number of nitro benzene ring substituents is 1. The molecule has 0 radical (unpaired) electrons. The minimum absolute atomic E-state index is 0.00281. The van der Waals surface area contributed by atoms with Crippen molar-refractivity contribution in [3.05, 3.63) is 75.3 Å². The first kappa shape index (κ1) is 24.1. The summed E-state index contributed by atoms with van der Waals surface area (Å²) in [6.07, 6.45) is 3.80. The molecule has 1 saturated heterocycles. The van der Waals surface area contributed by atoms with Crippen LogP contribution < -0.4 is 11.1 Å². The van der Waals surface area contributed by atoms with Gasteiger partial charge in [-0.15, -0.1) is 0 Å². The van der Waals surface area contributed by atoms with Gasteiger partial charge in [0.2, 0.25) is 11.8 Å². The SMILES string of the molecule is C[Si]1(C)C[C@@H](C(=O)NC2CCCc3ccccc32)N(C(=O)[C@@H](N)Cc2ccc([N+](=O)[O-])cc2)C1. The largest absolute Gasteiger partial charge is 0.348 e. The number of benzene rings is 2. The molecule has 8 nitrogen and oxygen atoms in total. The lowest BCUT2D eigenvalue weighted by Crippen LogP contribution is -2.52. The second-order valence-electron chi connectivity index (χ2n) is 10.2. The summed E-state index contributed by atoms with van der Waals surface area (Å²) in [4.78, 5) is 38.9. The molecule has 180 valence electrons. The minimum Gasteiger partial charge on any atom is -0.348 e. The van der Waals surface area contributed by atoms with Crippen LogP contribution >= 0.6 is 0 Å². The van der Waals surface area contributed by atoms with Crippen molar-refractivity contribution in [3.8, 4) is 0 Å². The monoisotopic (exact) mass is 480 g/mol. The Morgan fingerprint density at radius 2 is 1.91 bits per heavy atom. The fraction of sp³-hybridized carbons (Fsp3) is 0.440. The summed E-state index contributed by atoms with van der Waals surface area (Å²) in [5.41, 5.74) is 9.48. The molecule has 3 N–H and O–H groups in total. The van der Waals surface area contributed by atoms with Crippen molar-refractivity contribution in [2.45, 2.75) is 62.9 Å². The molecule has 0 aromatic heterocycles. The Labute approximate surface area is 200 Å². The molecule has 2 aliphatic rings. The highest BCUT2D eigenvalue weighted by atomic mass is 28.3. The van der Waals surface area contributed by atoms with Crippen molar-refractivity contribution in [1.29, 1.82) is 0 Å². The van der Waals surface area contributed by atoms with Gasteiger partial charge in [-0.3, -0.25) is 19.7 Å². The number of nitro groups is 1. The topological polar surface area (TPSA) is 119 Å². The van der Waals surface area contributed by atoms with E-state index in [-0.39, 0.29) is 30.0 Å². The van der Waals surface area contributed by atoms with Crippen molar-refractivity contribution >= 4 is 25.6 Å². The molecule has 0 saturated carbocycles. The van der Waals surface area contributed by atoms with E-state index in [9.17, 15) is 19.7 Å². The van der Waals surface area contributed by atoms with Crippen molar-refractivity contribution in [2.75, 3.05) is 6.17 Å². The molecule has 9 heteroatoms. The van der Waals surface area contributed by atoms with Gasteiger partial charge in [-0.05, 0) is 48.4 Å². The van der Waals surface area contributed by atoms with Gasteiger partial charge in [0.1, 0.15) is 6.04 Å². The molecule has 3 atom stereocenters. The molecule has 0 spiro atoms. The molecule has 4 rings (SSSR count). The Hall–Kier alpha value is -3.04. The number of carbonyl (C=O) groups is 2. The maximum Gasteiger partial charge on any atom is 0.269 e. The normalized spacial score (nSPS) is 22.0. The van der Waals surface area contributed by atoms with Gasteiger partial charge in [-0.2, -0.15) is 0 Å². The highest BCUT2D eigenvalue weighted by molar-refractivity contribution is 6.79. The summed E-state index contributed by atoms with van der Waals surface area (Å²) in [5.74, 6) is -0.337. The van der Waals surface area contributed by atoms with Crippen molar-refractivity contribution in [3.63, 3.8) is 0 Å². The summed E-state index contributed by atoms with van der Waals surface area (Å²) < 4.78 is 0. The van der Waals surface area contributed by atoms with Crippen LogP contribution in [0.3, 0.4) is 0 Å². The average Bonchev–Trinajstić information content (AvgIpc) is 3.14. The molecular formula is C25H32N4O4Si. The molecule has 1 unspecified atom stereocenters. The number of nitrogens with two attached hydrogens (primary N) is 1. The Morgan fingerprint density at radius 1 is 1.21 bits per heavy atom. The van der Waals surface area contributed by atoms with Gasteiger partial charge in [0.15, 0.2) is 0 Å². The third-order valence-electron chi connectivity index (χ3n) is 6.91. The van der Waals surface area contributed by atoms with E-state index >= 15 is 0 Å². The van der Waals surface area contributed by atoms with Crippen LogP contribution in [0.4, 0.5) is 5.69 Å². The first-order chi connectivity index (χ1) is 16.1. The lowest BCUT2D eigenvalue weighted by Gasteiger charge is -2.31. The predicted octanol–water partition coefficient (Wildman–Crippen LogP) is 3.12. The highest BCUT2D eigenvalue weighted by Gasteiger charge is 2.46. The maximum atomic E-state index is 13.4. The number of rotatable bonds is 6. The highest BCUT2D eigenvalue weighted by Crippen LogP contribution is 2.32. The standard InChI is InChI=1S/C25H32N4O4Si/c1-34(2)15-23(24(30)27-22-9-5-7-18-6-3-4-8-20(18)22)28(16-34)25(31)21(26)14-17-10-12-19(13-11-17)29(32)33/h3-4,6,8,10-13,21-23H,5,7,9,14-16,26H2,1-2H3,(H,27,30)/t21-,22?,23-/m0/s1. The Morgan fingerprint density at radius 3 is 2.62 bits per heavy atom. The second-order valence-corrected chi connectivity index (χ2v) is 15.3. The van der Waals surface area contributed by atoms with Crippen LogP contribution in [-0.2, 0) is 22.4 Å². The molecular weight excluding hydrogens is 448 g/mol. The van der Waals surface area contributed by atoms with Crippen LogP contribution in [0.2, 0.25) is 19.1 Å². The molecule has 2 aromatic rings. The second kappa shape index (κ2) is 9.67. The van der Waals surface area contributed by atoms with Crippen molar-refractivity contribution in [1.82, 2.24) is 10.2 Å². The van der Waals surface area contributed by atoms with E-state index in [1.54, 1.807) is 17.0 Å². The Bertz CT molecular complexity index is 1090. The van der Waals surface area contributed by atoms with Crippen molar-refractivity contribution in [2.24, 2.45) is 5.73 Å².